The number of rotatable bonds is 39. The Balaban J connectivity index is 2.03. The van der Waals surface area contributed by atoms with E-state index in [0.29, 0.717) is 25.0 Å². The zero-order chi connectivity index (χ0) is 46.9. The molecular formula is C41H69N8O14. The molecule has 1 radical (unpaired) electrons. The molecule has 0 saturated carbocycles. The number of ketones is 1. The van der Waals surface area contributed by atoms with Gasteiger partial charge < -0.3 is 60.7 Å². The summed E-state index contributed by atoms with van der Waals surface area (Å²) in [4.78, 5) is 103. The third kappa shape index (κ3) is 28.3. The molecule has 9 N–H and O–H groups in total. The van der Waals surface area contributed by atoms with Crippen LogP contribution in [0, 0.1) is 5.92 Å². The van der Waals surface area contributed by atoms with Crippen molar-refractivity contribution in [1.29, 1.82) is 0 Å². The van der Waals surface area contributed by atoms with E-state index in [1.54, 1.807) is 0 Å². The number of nitrogens with zero attached hydrogens (tertiary/aromatic N) is 1. The van der Waals surface area contributed by atoms with Crippen molar-refractivity contribution in [1.82, 2.24) is 42.3 Å². The Labute approximate surface area is 368 Å². The van der Waals surface area contributed by atoms with Crippen LogP contribution in [0.3, 0.4) is 0 Å². The van der Waals surface area contributed by atoms with Crippen molar-refractivity contribution in [3.8, 4) is 0 Å². The Kier molecular flexibility index (Phi) is 29.8. The summed E-state index contributed by atoms with van der Waals surface area (Å²) in [5, 5.41) is 32.0. The van der Waals surface area contributed by atoms with Crippen LogP contribution in [0.4, 0.5) is 0 Å². The van der Waals surface area contributed by atoms with E-state index in [9.17, 15) is 48.6 Å². The number of unbranched alkanes of at least 4 members (excludes halogenated alkanes) is 4. The summed E-state index contributed by atoms with van der Waals surface area (Å²) in [5.41, 5.74) is 7.30. The van der Waals surface area contributed by atoms with E-state index in [0.717, 1.165) is 19.3 Å². The van der Waals surface area contributed by atoms with Gasteiger partial charge in [-0.1, -0.05) is 32.6 Å². The highest BCUT2D eigenvalue weighted by molar-refractivity contribution is 5.95. The SMILES string of the molecule is CCCCCCC(=O)N[C@@H](CCC(=O)NCCOCCOCC(=O)NCCOCCOCC(=O)NCCCC[C@H](CC(=O)C(C)(C)NC(=O)[C@@H]([NH])Cc1cnc[nH]1)C(=O)O)C(=O)O. The van der Waals surface area contributed by atoms with Crippen molar-refractivity contribution in [2.75, 3.05) is 72.5 Å². The minimum atomic E-state index is -1.37. The Morgan fingerprint density at radius 3 is 1.89 bits per heavy atom. The highest BCUT2D eigenvalue weighted by Crippen LogP contribution is 2.19. The van der Waals surface area contributed by atoms with Gasteiger partial charge in [0.2, 0.25) is 29.5 Å². The quantitative estimate of drug-likeness (QED) is 0.0405. The number of carbonyl (C=O) groups is 8. The molecule has 0 unspecified atom stereocenters. The Morgan fingerprint density at radius 2 is 1.32 bits per heavy atom. The average Bonchev–Trinajstić information content (AvgIpc) is 3.75. The maximum atomic E-state index is 12.9. The molecule has 0 saturated heterocycles. The second-order valence-electron chi connectivity index (χ2n) is 15.3. The number of H-pyrrole nitrogens is 1. The van der Waals surface area contributed by atoms with Gasteiger partial charge in [0, 0.05) is 57.2 Å². The fraction of sp³-hybridized carbons (Fsp3) is 0.732. The van der Waals surface area contributed by atoms with E-state index in [1.165, 1.54) is 26.4 Å². The minimum Gasteiger partial charge on any atom is -0.481 e. The first kappa shape index (κ1) is 56.0. The number of carboxylic acid groups (broad SMARTS) is 2. The topological polar surface area (TPSA) is 327 Å². The zero-order valence-electron chi connectivity index (χ0n) is 36.9. The molecule has 0 bridgehead atoms. The molecule has 0 spiro atoms. The molecule has 5 amide bonds. The standard InChI is InChI=1S/C41H69N8O14/c1-4-5-6-7-11-35(52)48-32(40(58)59)12-13-34(51)45-15-17-60-19-22-63-27-37(54)46-16-18-61-20-21-62-26-36(53)44-14-9-8-10-29(39(56)57)23-33(50)41(2,3)49-38(55)31(42)24-30-25-43-28-47-30/h25,28-29,31-32,42H,4-24,26-27H2,1-3H3,(H,43,47)(H,44,53)(H,45,51)(H,46,54)(H,48,52)(H,49,55)(H,56,57)(H,58,59)/t29-,31+,32+/m1/s1. The Hall–Kier alpha value is -5.03. The normalized spacial score (nSPS) is 12.7. The van der Waals surface area contributed by atoms with Gasteiger partial charge in [-0.15, -0.1) is 0 Å². The van der Waals surface area contributed by atoms with Gasteiger partial charge in [-0.05, 0) is 39.5 Å². The summed E-state index contributed by atoms with van der Waals surface area (Å²) in [5.74, 6) is -5.87. The van der Waals surface area contributed by atoms with Gasteiger partial charge in [0.05, 0.1) is 57.4 Å². The van der Waals surface area contributed by atoms with E-state index in [4.69, 9.17) is 24.7 Å². The lowest BCUT2D eigenvalue weighted by Gasteiger charge is -2.27. The first-order valence-corrected chi connectivity index (χ1v) is 21.4. The van der Waals surface area contributed by atoms with E-state index < -0.39 is 47.2 Å². The van der Waals surface area contributed by atoms with Crippen LogP contribution in [0.25, 0.3) is 0 Å². The number of carbonyl (C=O) groups excluding carboxylic acids is 6. The van der Waals surface area contributed by atoms with Crippen LogP contribution in [0.2, 0.25) is 0 Å². The number of ether oxygens (including phenoxy) is 4. The van der Waals surface area contributed by atoms with Crippen molar-refractivity contribution in [3.05, 3.63) is 18.2 Å². The van der Waals surface area contributed by atoms with Crippen LogP contribution in [0.15, 0.2) is 12.5 Å². The van der Waals surface area contributed by atoms with Crippen molar-refractivity contribution in [3.63, 3.8) is 0 Å². The van der Waals surface area contributed by atoms with Crippen LogP contribution in [-0.4, -0.2) is 158 Å². The fourth-order valence-electron chi connectivity index (χ4n) is 5.71. The molecule has 357 valence electrons. The van der Waals surface area contributed by atoms with E-state index in [2.05, 4.69) is 43.5 Å². The fourth-order valence-corrected chi connectivity index (χ4v) is 5.71. The number of aliphatic carboxylic acids is 2. The molecule has 22 heteroatoms. The Bertz CT molecular complexity index is 1530. The molecule has 0 aliphatic heterocycles. The van der Waals surface area contributed by atoms with Crippen LogP contribution in [0.5, 0.6) is 0 Å². The maximum absolute atomic E-state index is 12.9. The molecule has 1 heterocycles. The number of aromatic nitrogens is 2. The molecule has 1 aromatic heterocycles. The van der Waals surface area contributed by atoms with Crippen LogP contribution in [0.1, 0.15) is 97.1 Å². The Morgan fingerprint density at radius 1 is 0.714 bits per heavy atom. The zero-order valence-corrected chi connectivity index (χ0v) is 36.9. The number of aromatic amines is 1. The van der Waals surface area contributed by atoms with Gasteiger partial charge >= 0.3 is 11.9 Å². The predicted octanol–water partition coefficient (Wildman–Crippen LogP) is 0.0638. The average molecular weight is 898 g/mol. The first-order chi connectivity index (χ1) is 30.0. The second kappa shape index (κ2) is 33.5. The minimum absolute atomic E-state index is 0.0316. The van der Waals surface area contributed by atoms with Gasteiger partial charge in [0.25, 0.3) is 0 Å². The molecule has 22 nitrogen and oxygen atoms in total. The molecule has 1 aromatic rings. The smallest absolute Gasteiger partial charge is 0.326 e. The number of Topliss-reactive ketones (excluding diaryl/α,β-unsaturated/α-hetero) is 1. The van der Waals surface area contributed by atoms with Crippen molar-refractivity contribution < 1.29 is 67.5 Å². The number of hydrogen-bond donors (Lipinski definition) is 8. The highest BCUT2D eigenvalue weighted by Gasteiger charge is 2.34. The lowest BCUT2D eigenvalue weighted by Crippen LogP contribution is -2.54. The van der Waals surface area contributed by atoms with Gasteiger partial charge in [0.15, 0.2) is 5.78 Å². The second-order valence-corrected chi connectivity index (χ2v) is 15.3. The number of hydrogen-bond acceptors (Lipinski definition) is 13. The van der Waals surface area contributed by atoms with Crippen molar-refractivity contribution >= 4 is 47.3 Å². The highest BCUT2D eigenvalue weighted by atomic mass is 16.5. The van der Waals surface area contributed by atoms with Gasteiger partial charge in [-0.3, -0.25) is 33.6 Å². The van der Waals surface area contributed by atoms with E-state index in [1.807, 2.05) is 0 Å². The number of imidazole rings is 1. The molecule has 0 aliphatic carbocycles. The molecule has 0 fully saturated rings. The third-order valence-electron chi connectivity index (χ3n) is 9.41. The molecule has 63 heavy (non-hydrogen) atoms. The lowest BCUT2D eigenvalue weighted by molar-refractivity contribution is -0.145. The van der Waals surface area contributed by atoms with Gasteiger partial charge in [0.1, 0.15) is 25.3 Å². The maximum Gasteiger partial charge on any atom is 0.326 e. The lowest BCUT2D eigenvalue weighted by atomic mass is 9.88. The predicted molar refractivity (Wildman–Crippen MR) is 226 cm³/mol. The molecule has 3 atom stereocenters. The van der Waals surface area contributed by atoms with Crippen LogP contribution in [-0.2, 0) is 63.7 Å². The summed E-state index contributed by atoms with van der Waals surface area (Å²) >= 11 is 0. The number of nitrogens with one attached hydrogen (secondary N) is 7. The monoisotopic (exact) mass is 897 g/mol. The summed E-state index contributed by atoms with van der Waals surface area (Å²) in [6.07, 6.45) is 7.58. The first-order valence-electron chi connectivity index (χ1n) is 21.4. The molecule has 0 aromatic carbocycles. The number of amides is 5. The number of carboxylic acids is 2. The third-order valence-corrected chi connectivity index (χ3v) is 9.41. The van der Waals surface area contributed by atoms with Crippen molar-refractivity contribution in [2.45, 2.75) is 115 Å². The van der Waals surface area contributed by atoms with Gasteiger partial charge in [-0.2, -0.15) is 0 Å². The molecule has 1 rings (SSSR count). The van der Waals surface area contributed by atoms with E-state index >= 15 is 0 Å². The summed E-state index contributed by atoms with van der Waals surface area (Å²) in [7, 11) is 0. The summed E-state index contributed by atoms with van der Waals surface area (Å²) in [6.45, 7) is 6.32. The largest absolute Gasteiger partial charge is 0.481 e. The van der Waals surface area contributed by atoms with Gasteiger partial charge in [-0.25, -0.2) is 15.5 Å². The van der Waals surface area contributed by atoms with Crippen LogP contribution < -0.4 is 32.3 Å². The molecule has 0 aliphatic rings. The summed E-state index contributed by atoms with van der Waals surface area (Å²) in [6, 6.07) is -2.31. The molecular weight excluding hydrogens is 828 g/mol. The summed E-state index contributed by atoms with van der Waals surface area (Å²) < 4.78 is 21.3. The van der Waals surface area contributed by atoms with Crippen molar-refractivity contribution in [2.24, 2.45) is 5.92 Å². The van der Waals surface area contributed by atoms with Crippen LogP contribution >= 0.6 is 0 Å². The van der Waals surface area contributed by atoms with E-state index in [-0.39, 0.29) is 135 Å².